The number of rotatable bonds is 7. The van der Waals surface area contributed by atoms with E-state index in [1.54, 1.807) is 13.8 Å². The van der Waals surface area contributed by atoms with Crippen molar-refractivity contribution in [3.63, 3.8) is 0 Å². The van der Waals surface area contributed by atoms with Crippen molar-refractivity contribution in [3.05, 3.63) is 11.3 Å². The van der Waals surface area contributed by atoms with Gasteiger partial charge in [-0.1, -0.05) is 26.2 Å². The minimum absolute atomic E-state index is 0.0948. The number of carbonyl (C=O) groups excluding carboxylic acids is 2. The predicted octanol–water partition coefficient (Wildman–Crippen LogP) is 2.76. The van der Waals surface area contributed by atoms with Gasteiger partial charge in [-0.05, 0) is 26.7 Å². The van der Waals surface area contributed by atoms with E-state index in [2.05, 4.69) is 6.92 Å². The summed E-state index contributed by atoms with van der Waals surface area (Å²) < 4.78 is 10.3. The fourth-order valence-electron chi connectivity index (χ4n) is 2.05. The summed E-state index contributed by atoms with van der Waals surface area (Å²) in [4.78, 5) is 23.6. The summed E-state index contributed by atoms with van der Waals surface area (Å²) in [7, 11) is 0. The largest absolute Gasteiger partial charge is 0.486 e. The lowest BCUT2D eigenvalue weighted by Gasteiger charge is -2.09. The maximum atomic E-state index is 12.0. The molecule has 1 unspecified atom stereocenters. The Morgan fingerprint density at radius 3 is 2.61 bits per heavy atom. The first-order chi connectivity index (χ1) is 8.61. The lowest BCUT2D eigenvalue weighted by Crippen LogP contribution is -2.22. The van der Waals surface area contributed by atoms with Gasteiger partial charge < -0.3 is 9.47 Å². The average molecular weight is 254 g/mol. The molecule has 1 atom stereocenters. The van der Waals surface area contributed by atoms with Crippen molar-refractivity contribution in [1.82, 2.24) is 0 Å². The quantitative estimate of drug-likeness (QED) is 0.398. The van der Waals surface area contributed by atoms with Crippen LogP contribution in [0.5, 0.6) is 0 Å². The number of carbonyl (C=O) groups is 2. The standard InChI is InChI=1S/C14H22O4/c1-4-6-7-8-9-11-13(15)12(10(3)18-11)14(16)17-5-2/h11H,4-9H2,1-3H3. The van der Waals surface area contributed by atoms with Crippen molar-refractivity contribution in [2.45, 2.75) is 59.0 Å². The van der Waals surface area contributed by atoms with Gasteiger partial charge in [0, 0.05) is 0 Å². The number of esters is 1. The number of ether oxygens (including phenoxy) is 2. The van der Waals surface area contributed by atoms with E-state index in [0.717, 1.165) is 25.7 Å². The number of ketones is 1. The maximum Gasteiger partial charge on any atom is 0.345 e. The van der Waals surface area contributed by atoms with Crippen molar-refractivity contribution < 1.29 is 19.1 Å². The molecule has 102 valence electrons. The zero-order valence-electron chi connectivity index (χ0n) is 11.5. The summed E-state index contributed by atoms with van der Waals surface area (Å²) in [6.45, 7) is 5.78. The van der Waals surface area contributed by atoms with Gasteiger partial charge in [-0.25, -0.2) is 4.79 Å². The summed E-state index contributed by atoms with van der Waals surface area (Å²) >= 11 is 0. The van der Waals surface area contributed by atoms with Gasteiger partial charge >= 0.3 is 5.97 Å². The highest BCUT2D eigenvalue weighted by atomic mass is 16.5. The number of hydrogen-bond donors (Lipinski definition) is 0. The van der Waals surface area contributed by atoms with Crippen LogP contribution < -0.4 is 0 Å². The molecule has 0 spiro atoms. The molecule has 1 heterocycles. The first kappa shape index (κ1) is 14.7. The highest BCUT2D eigenvalue weighted by Crippen LogP contribution is 2.26. The third-order valence-electron chi connectivity index (χ3n) is 3.01. The van der Waals surface area contributed by atoms with E-state index in [9.17, 15) is 9.59 Å². The van der Waals surface area contributed by atoms with Gasteiger partial charge in [-0.15, -0.1) is 0 Å². The molecule has 0 aliphatic carbocycles. The van der Waals surface area contributed by atoms with Crippen LogP contribution in [0.25, 0.3) is 0 Å². The molecule has 18 heavy (non-hydrogen) atoms. The smallest absolute Gasteiger partial charge is 0.345 e. The van der Waals surface area contributed by atoms with Gasteiger partial charge in [0.25, 0.3) is 0 Å². The molecule has 4 heteroatoms. The van der Waals surface area contributed by atoms with Crippen molar-refractivity contribution in [1.29, 1.82) is 0 Å². The van der Waals surface area contributed by atoms with Gasteiger partial charge in [0.2, 0.25) is 5.78 Å². The second-order valence-electron chi connectivity index (χ2n) is 4.47. The summed E-state index contributed by atoms with van der Waals surface area (Å²) in [6.07, 6.45) is 4.56. The van der Waals surface area contributed by atoms with Gasteiger partial charge in [0.15, 0.2) is 6.10 Å². The second kappa shape index (κ2) is 7.19. The Bertz CT molecular complexity index is 344. The summed E-state index contributed by atoms with van der Waals surface area (Å²) in [5, 5.41) is 0. The summed E-state index contributed by atoms with van der Waals surface area (Å²) in [5.74, 6) is -0.377. The van der Waals surface area contributed by atoms with Crippen LogP contribution in [-0.2, 0) is 19.1 Å². The average Bonchev–Trinajstić information content (AvgIpc) is 2.60. The molecule has 0 N–H and O–H groups in total. The number of unbranched alkanes of at least 4 members (excludes halogenated alkanes) is 3. The Labute approximate surface area is 108 Å². The van der Waals surface area contributed by atoms with Crippen LogP contribution in [-0.4, -0.2) is 24.5 Å². The Morgan fingerprint density at radius 1 is 1.28 bits per heavy atom. The zero-order valence-corrected chi connectivity index (χ0v) is 11.5. The van der Waals surface area contributed by atoms with E-state index in [0.29, 0.717) is 12.2 Å². The molecular weight excluding hydrogens is 232 g/mol. The van der Waals surface area contributed by atoms with Crippen molar-refractivity contribution in [2.75, 3.05) is 6.61 Å². The molecule has 0 aromatic heterocycles. The molecule has 1 rings (SSSR count). The van der Waals surface area contributed by atoms with Gasteiger partial charge in [-0.3, -0.25) is 4.79 Å². The predicted molar refractivity (Wildman–Crippen MR) is 68.0 cm³/mol. The summed E-state index contributed by atoms with van der Waals surface area (Å²) in [6, 6.07) is 0. The Hall–Kier alpha value is -1.32. The van der Waals surface area contributed by atoms with Crippen molar-refractivity contribution >= 4 is 11.8 Å². The Morgan fingerprint density at radius 2 is 2.00 bits per heavy atom. The molecule has 0 aromatic carbocycles. The van der Waals surface area contributed by atoms with E-state index in [1.807, 2.05) is 0 Å². The lowest BCUT2D eigenvalue weighted by molar-refractivity contribution is -0.140. The summed E-state index contributed by atoms with van der Waals surface area (Å²) in [5.41, 5.74) is 0.0948. The molecule has 4 nitrogen and oxygen atoms in total. The molecule has 0 fully saturated rings. The van der Waals surface area contributed by atoms with Crippen molar-refractivity contribution in [3.8, 4) is 0 Å². The molecule has 0 saturated heterocycles. The number of allylic oxidation sites excluding steroid dienone is 1. The van der Waals surface area contributed by atoms with E-state index >= 15 is 0 Å². The van der Waals surface area contributed by atoms with Crippen LogP contribution >= 0.6 is 0 Å². The third-order valence-corrected chi connectivity index (χ3v) is 3.01. The minimum atomic E-state index is -0.559. The van der Waals surface area contributed by atoms with Crippen molar-refractivity contribution in [2.24, 2.45) is 0 Å². The molecule has 1 aliphatic heterocycles. The van der Waals surface area contributed by atoms with Crippen LogP contribution in [0.3, 0.4) is 0 Å². The lowest BCUT2D eigenvalue weighted by atomic mass is 10.0. The third kappa shape index (κ3) is 3.59. The number of hydrogen-bond acceptors (Lipinski definition) is 4. The monoisotopic (exact) mass is 254 g/mol. The molecule has 0 bridgehead atoms. The van der Waals surface area contributed by atoms with Crippen LogP contribution in [0.15, 0.2) is 11.3 Å². The minimum Gasteiger partial charge on any atom is -0.486 e. The van der Waals surface area contributed by atoms with E-state index < -0.39 is 12.1 Å². The van der Waals surface area contributed by atoms with Gasteiger partial charge in [0.1, 0.15) is 11.3 Å². The zero-order chi connectivity index (χ0) is 13.5. The van der Waals surface area contributed by atoms with Crippen LogP contribution in [0.2, 0.25) is 0 Å². The molecular formula is C14H22O4. The van der Waals surface area contributed by atoms with E-state index in [-0.39, 0.29) is 18.0 Å². The second-order valence-corrected chi connectivity index (χ2v) is 4.47. The Kier molecular flexibility index (Phi) is 5.89. The molecule has 0 aromatic rings. The SMILES string of the molecule is CCCCCCC1OC(C)=C(C(=O)OCC)C1=O. The molecule has 1 aliphatic rings. The Balaban J connectivity index is 2.50. The van der Waals surface area contributed by atoms with Gasteiger partial charge in [0.05, 0.1) is 6.61 Å². The highest BCUT2D eigenvalue weighted by molar-refractivity contribution is 6.20. The molecule has 0 radical (unpaired) electrons. The van der Waals surface area contributed by atoms with E-state index in [4.69, 9.17) is 9.47 Å². The van der Waals surface area contributed by atoms with Gasteiger partial charge in [-0.2, -0.15) is 0 Å². The van der Waals surface area contributed by atoms with Crippen LogP contribution in [0.1, 0.15) is 52.9 Å². The van der Waals surface area contributed by atoms with Crippen LogP contribution in [0.4, 0.5) is 0 Å². The normalized spacial score (nSPS) is 19.1. The molecule has 0 amide bonds. The maximum absolute atomic E-state index is 12.0. The fourth-order valence-corrected chi connectivity index (χ4v) is 2.05. The van der Waals surface area contributed by atoms with E-state index in [1.165, 1.54) is 0 Å². The number of Topliss-reactive ketones (excluding diaryl/α,β-unsaturated/α-hetero) is 1. The topological polar surface area (TPSA) is 52.6 Å². The highest BCUT2D eigenvalue weighted by Gasteiger charge is 2.37. The first-order valence-corrected chi connectivity index (χ1v) is 6.70. The molecule has 0 saturated carbocycles. The first-order valence-electron chi connectivity index (χ1n) is 6.70. The fraction of sp³-hybridized carbons (Fsp3) is 0.714. The van der Waals surface area contributed by atoms with Crippen LogP contribution in [0, 0.1) is 0 Å².